The van der Waals surface area contributed by atoms with Crippen LogP contribution in [0.3, 0.4) is 0 Å². The van der Waals surface area contributed by atoms with E-state index < -0.39 is 17.5 Å². The number of halogens is 3. The largest absolute Gasteiger partial charge is 0.383 e. The van der Waals surface area contributed by atoms with E-state index in [0.29, 0.717) is 19.2 Å². The van der Waals surface area contributed by atoms with E-state index in [1.54, 1.807) is 7.11 Å². The molecule has 18 heavy (non-hydrogen) atoms. The van der Waals surface area contributed by atoms with E-state index in [1.807, 2.05) is 0 Å². The Bertz CT molecular complexity index is 430. The fraction of sp³-hybridized carbons (Fsp3) is 0.364. The number of benzene rings is 1. The summed E-state index contributed by atoms with van der Waals surface area (Å²) in [5.41, 5.74) is -0.0678. The maximum absolute atomic E-state index is 13.3. The molecule has 0 aromatic heterocycles. The number of carbonyl (C=O) groups is 1. The highest BCUT2D eigenvalue weighted by Crippen LogP contribution is 2.23. The Hall–Kier alpha value is -1.05. The lowest BCUT2D eigenvalue weighted by molar-refractivity contribution is -0.115. The molecule has 100 valence electrons. The number of methoxy groups -OCH3 is 1. The number of hydrogen-bond acceptors (Lipinski definition) is 3. The molecule has 0 saturated heterocycles. The second-order valence-electron chi connectivity index (χ2n) is 3.46. The van der Waals surface area contributed by atoms with E-state index in [2.05, 4.69) is 26.6 Å². The first-order valence-electron chi connectivity index (χ1n) is 5.18. The van der Waals surface area contributed by atoms with E-state index in [0.717, 1.165) is 0 Å². The number of amides is 1. The van der Waals surface area contributed by atoms with E-state index in [9.17, 15) is 13.6 Å². The Kier molecular flexibility index (Phi) is 6.17. The summed E-state index contributed by atoms with van der Waals surface area (Å²) >= 11 is 2.92. The van der Waals surface area contributed by atoms with Gasteiger partial charge in [-0.3, -0.25) is 4.79 Å². The zero-order valence-corrected chi connectivity index (χ0v) is 11.3. The smallest absolute Gasteiger partial charge is 0.238 e. The van der Waals surface area contributed by atoms with E-state index in [1.165, 1.54) is 6.07 Å². The fourth-order valence-electron chi connectivity index (χ4n) is 1.19. The van der Waals surface area contributed by atoms with Crippen molar-refractivity contribution < 1.29 is 18.3 Å². The average Bonchev–Trinajstić information content (AvgIpc) is 2.32. The SMILES string of the molecule is COCCNCC(=O)Nc1cc(Br)c(F)cc1F. The fourth-order valence-corrected chi connectivity index (χ4v) is 1.53. The topological polar surface area (TPSA) is 50.4 Å². The quantitative estimate of drug-likeness (QED) is 0.621. The van der Waals surface area contributed by atoms with Crippen LogP contribution in [-0.4, -0.2) is 32.7 Å². The van der Waals surface area contributed by atoms with Crippen molar-refractivity contribution in [1.82, 2.24) is 5.32 Å². The molecule has 0 saturated carbocycles. The summed E-state index contributed by atoms with van der Waals surface area (Å²) in [6.45, 7) is 1.01. The first-order chi connectivity index (χ1) is 8.54. The Morgan fingerprint density at radius 2 is 2.11 bits per heavy atom. The van der Waals surface area contributed by atoms with Crippen LogP contribution >= 0.6 is 15.9 Å². The van der Waals surface area contributed by atoms with Gasteiger partial charge in [0.1, 0.15) is 11.6 Å². The number of nitrogens with one attached hydrogen (secondary N) is 2. The molecular formula is C11H13BrF2N2O2. The van der Waals surface area contributed by atoms with E-state index in [4.69, 9.17) is 4.74 Å². The summed E-state index contributed by atoms with van der Waals surface area (Å²) in [6.07, 6.45) is 0. The summed E-state index contributed by atoms with van der Waals surface area (Å²) in [7, 11) is 1.55. The second-order valence-corrected chi connectivity index (χ2v) is 4.32. The van der Waals surface area contributed by atoms with Crippen LogP contribution in [0.5, 0.6) is 0 Å². The third kappa shape index (κ3) is 4.67. The summed E-state index contributed by atoms with van der Waals surface area (Å²) < 4.78 is 31.2. The molecule has 0 radical (unpaired) electrons. The predicted molar refractivity (Wildman–Crippen MR) is 67.4 cm³/mol. The van der Waals surface area contributed by atoms with Gasteiger partial charge in [-0.2, -0.15) is 0 Å². The Balaban J connectivity index is 2.51. The zero-order chi connectivity index (χ0) is 13.5. The van der Waals surface area contributed by atoms with E-state index >= 15 is 0 Å². The lowest BCUT2D eigenvalue weighted by Crippen LogP contribution is -2.30. The molecular weight excluding hydrogens is 310 g/mol. The van der Waals surface area contributed by atoms with Crippen molar-refractivity contribution >= 4 is 27.5 Å². The summed E-state index contributed by atoms with van der Waals surface area (Å²) in [5.74, 6) is -1.95. The third-order valence-electron chi connectivity index (χ3n) is 2.05. The van der Waals surface area contributed by atoms with Gasteiger partial charge in [0.15, 0.2) is 0 Å². The van der Waals surface area contributed by atoms with Gasteiger partial charge in [-0.1, -0.05) is 0 Å². The van der Waals surface area contributed by atoms with Crippen LogP contribution in [0.2, 0.25) is 0 Å². The van der Waals surface area contributed by atoms with Crippen LogP contribution in [-0.2, 0) is 9.53 Å². The number of rotatable bonds is 6. The number of carbonyl (C=O) groups excluding carboxylic acids is 1. The van der Waals surface area contributed by atoms with Crippen molar-refractivity contribution in [2.45, 2.75) is 0 Å². The second kappa shape index (κ2) is 7.40. The van der Waals surface area contributed by atoms with Crippen molar-refractivity contribution in [3.63, 3.8) is 0 Å². The Labute approximate surface area is 112 Å². The molecule has 0 aliphatic rings. The molecule has 0 aliphatic carbocycles. The van der Waals surface area contributed by atoms with Crippen LogP contribution in [0.25, 0.3) is 0 Å². The molecule has 0 spiro atoms. The summed E-state index contributed by atoms with van der Waals surface area (Å²) in [4.78, 5) is 11.4. The highest BCUT2D eigenvalue weighted by Gasteiger charge is 2.10. The molecule has 1 aromatic carbocycles. The average molecular weight is 323 g/mol. The molecule has 2 N–H and O–H groups in total. The molecule has 7 heteroatoms. The number of anilines is 1. The van der Waals surface area contributed by atoms with Gasteiger partial charge in [-0.15, -0.1) is 0 Å². The molecule has 1 aromatic rings. The lowest BCUT2D eigenvalue weighted by atomic mass is 10.3. The van der Waals surface area contributed by atoms with Gasteiger partial charge in [0.2, 0.25) is 5.91 Å². The molecule has 0 aliphatic heterocycles. The van der Waals surface area contributed by atoms with Crippen LogP contribution in [0.4, 0.5) is 14.5 Å². The highest BCUT2D eigenvalue weighted by atomic mass is 79.9. The summed E-state index contributed by atoms with van der Waals surface area (Å²) in [6, 6.07) is 1.88. The van der Waals surface area contributed by atoms with Crippen molar-refractivity contribution in [1.29, 1.82) is 0 Å². The zero-order valence-electron chi connectivity index (χ0n) is 9.73. The van der Waals surface area contributed by atoms with Crippen LogP contribution in [0.1, 0.15) is 0 Å². The summed E-state index contributed by atoms with van der Waals surface area (Å²) in [5, 5.41) is 5.15. The van der Waals surface area contributed by atoms with Crippen LogP contribution in [0, 0.1) is 11.6 Å². The molecule has 0 fully saturated rings. The first-order valence-corrected chi connectivity index (χ1v) is 5.98. The van der Waals surface area contributed by atoms with Gasteiger partial charge < -0.3 is 15.4 Å². The van der Waals surface area contributed by atoms with Gasteiger partial charge in [-0.25, -0.2) is 8.78 Å². The third-order valence-corrected chi connectivity index (χ3v) is 2.66. The first kappa shape index (κ1) is 15.0. The van der Waals surface area contributed by atoms with Crippen LogP contribution < -0.4 is 10.6 Å². The lowest BCUT2D eigenvalue weighted by Gasteiger charge is -2.08. The van der Waals surface area contributed by atoms with Gasteiger partial charge in [0.25, 0.3) is 0 Å². The Morgan fingerprint density at radius 1 is 1.39 bits per heavy atom. The predicted octanol–water partition coefficient (Wildman–Crippen LogP) is 1.90. The van der Waals surface area contributed by atoms with Crippen molar-refractivity contribution in [3.05, 3.63) is 28.2 Å². The van der Waals surface area contributed by atoms with Gasteiger partial charge in [0, 0.05) is 19.7 Å². The minimum Gasteiger partial charge on any atom is -0.383 e. The maximum atomic E-state index is 13.3. The molecule has 0 atom stereocenters. The molecule has 0 bridgehead atoms. The number of hydrogen-bond donors (Lipinski definition) is 2. The normalized spacial score (nSPS) is 10.4. The highest BCUT2D eigenvalue weighted by molar-refractivity contribution is 9.10. The molecule has 4 nitrogen and oxygen atoms in total. The van der Waals surface area contributed by atoms with Crippen LogP contribution in [0.15, 0.2) is 16.6 Å². The minimum absolute atomic E-state index is 0.0256. The molecule has 1 amide bonds. The van der Waals surface area contributed by atoms with Gasteiger partial charge >= 0.3 is 0 Å². The standard InChI is InChI=1S/C11H13BrF2N2O2/c1-18-3-2-15-6-11(17)16-10-4-7(12)8(13)5-9(10)14/h4-5,15H,2-3,6H2,1H3,(H,16,17). The monoisotopic (exact) mass is 322 g/mol. The Morgan fingerprint density at radius 3 is 2.78 bits per heavy atom. The van der Waals surface area contributed by atoms with Gasteiger partial charge in [0.05, 0.1) is 23.3 Å². The molecule has 0 heterocycles. The molecule has 0 unspecified atom stereocenters. The molecule has 1 rings (SSSR count). The number of ether oxygens (including phenoxy) is 1. The van der Waals surface area contributed by atoms with Crippen molar-refractivity contribution in [2.24, 2.45) is 0 Å². The van der Waals surface area contributed by atoms with Crippen molar-refractivity contribution in [2.75, 3.05) is 32.1 Å². The van der Waals surface area contributed by atoms with E-state index in [-0.39, 0.29) is 16.7 Å². The van der Waals surface area contributed by atoms with Crippen molar-refractivity contribution in [3.8, 4) is 0 Å². The minimum atomic E-state index is -0.819. The van der Waals surface area contributed by atoms with Gasteiger partial charge in [-0.05, 0) is 22.0 Å². The maximum Gasteiger partial charge on any atom is 0.238 e.